The molecule has 0 radical (unpaired) electrons. The predicted molar refractivity (Wildman–Crippen MR) is 93.3 cm³/mol. The van der Waals surface area contributed by atoms with Crippen molar-refractivity contribution in [3.8, 4) is 11.3 Å². The number of hydrogen-bond acceptors (Lipinski definition) is 5. The highest BCUT2D eigenvalue weighted by Gasteiger charge is 2.13. The van der Waals surface area contributed by atoms with Crippen molar-refractivity contribution in [3.05, 3.63) is 36.7 Å². The van der Waals surface area contributed by atoms with Crippen molar-refractivity contribution in [2.75, 3.05) is 12.3 Å². The molecule has 4 N–H and O–H groups in total. The van der Waals surface area contributed by atoms with E-state index in [2.05, 4.69) is 20.3 Å². The lowest BCUT2D eigenvalue weighted by Gasteiger charge is -2.06. The van der Waals surface area contributed by atoms with E-state index in [4.69, 9.17) is 5.73 Å². The molecule has 1 aromatic carbocycles. The van der Waals surface area contributed by atoms with Crippen molar-refractivity contribution in [3.63, 3.8) is 0 Å². The summed E-state index contributed by atoms with van der Waals surface area (Å²) in [5, 5.41) is 22.7. The molecule has 0 aliphatic heterocycles. The maximum Gasteiger partial charge on any atom is 0.152 e. The van der Waals surface area contributed by atoms with Crippen molar-refractivity contribution >= 4 is 27.6 Å². The number of nitrogen functional groups attached to an aromatic ring is 1. The van der Waals surface area contributed by atoms with E-state index in [-0.39, 0.29) is 12.5 Å². The third kappa shape index (κ3) is 2.39. The van der Waals surface area contributed by atoms with Crippen LogP contribution in [0, 0.1) is 5.92 Å². The number of nitrogens with one attached hydrogen (secondary N) is 1. The highest BCUT2D eigenvalue weighted by atomic mass is 16.3. The van der Waals surface area contributed by atoms with Crippen molar-refractivity contribution in [1.82, 2.24) is 25.0 Å². The second-order valence-electron chi connectivity index (χ2n) is 6.10. The molecule has 3 heterocycles. The van der Waals surface area contributed by atoms with Gasteiger partial charge in [0, 0.05) is 41.9 Å². The molecule has 7 nitrogen and oxygen atoms in total. The topological polar surface area (TPSA) is 106 Å². The number of aromatic nitrogens is 5. The first-order valence-electron chi connectivity index (χ1n) is 7.82. The van der Waals surface area contributed by atoms with Crippen molar-refractivity contribution < 1.29 is 5.11 Å². The maximum atomic E-state index is 9.23. The molecule has 0 unspecified atom stereocenters. The number of aliphatic hydroxyl groups excluding tert-OH is 1. The van der Waals surface area contributed by atoms with Crippen LogP contribution in [0.25, 0.3) is 33.1 Å². The SMILES string of the molecule is C[C@H](CO)Cn1cc2c(n1)c(N)nc1cc(-c3ccn[nH]3)ccc12. The minimum Gasteiger partial charge on any atom is -0.396 e. The van der Waals surface area contributed by atoms with Gasteiger partial charge in [0.2, 0.25) is 0 Å². The number of fused-ring (bicyclic) bond motifs is 3. The van der Waals surface area contributed by atoms with Crippen LogP contribution < -0.4 is 5.73 Å². The first kappa shape index (κ1) is 14.6. The molecular formula is C17H18N6O. The molecule has 0 bridgehead atoms. The van der Waals surface area contributed by atoms with Crippen LogP contribution in [0.2, 0.25) is 0 Å². The standard InChI is InChI=1S/C17H18N6O/c1-10(9-24)7-23-8-13-12-3-2-11(14-4-5-19-21-14)6-15(12)20-17(18)16(13)22-23/h2-6,8,10,24H,7,9H2,1H3,(H2,18,20)(H,19,21)/t10-/m0/s1. The van der Waals surface area contributed by atoms with Gasteiger partial charge in [-0.1, -0.05) is 19.1 Å². The van der Waals surface area contributed by atoms with Gasteiger partial charge in [-0.15, -0.1) is 0 Å². The largest absolute Gasteiger partial charge is 0.396 e. The lowest BCUT2D eigenvalue weighted by molar-refractivity contribution is 0.219. The highest BCUT2D eigenvalue weighted by Crippen LogP contribution is 2.30. The average Bonchev–Trinajstić information content (AvgIpc) is 3.24. The smallest absolute Gasteiger partial charge is 0.152 e. The van der Waals surface area contributed by atoms with E-state index in [1.54, 1.807) is 6.20 Å². The molecule has 4 rings (SSSR count). The number of aromatic amines is 1. The van der Waals surface area contributed by atoms with Gasteiger partial charge in [0.1, 0.15) is 5.52 Å². The molecule has 0 saturated heterocycles. The van der Waals surface area contributed by atoms with E-state index in [0.717, 1.165) is 27.5 Å². The van der Waals surface area contributed by atoms with Gasteiger partial charge in [-0.25, -0.2) is 4.98 Å². The van der Waals surface area contributed by atoms with E-state index in [1.807, 2.05) is 42.1 Å². The molecule has 1 atom stereocenters. The Kier molecular flexibility index (Phi) is 3.42. The first-order valence-corrected chi connectivity index (χ1v) is 7.82. The summed E-state index contributed by atoms with van der Waals surface area (Å²) in [6.45, 7) is 2.74. The lowest BCUT2D eigenvalue weighted by atomic mass is 10.1. The van der Waals surface area contributed by atoms with Gasteiger partial charge in [-0.3, -0.25) is 9.78 Å². The molecular weight excluding hydrogens is 304 g/mol. The number of nitrogens with two attached hydrogens (primary N) is 1. The van der Waals surface area contributed by atoms with Gasteiger partial charge in [0.05, 0.1) is 11.2 Å². The van der Waals surface area contributed by atoms with Crippen LogP contribution >= 0.6 is 0 Å². The van der Waals surface area contributed by atoms with E-state index in [1.165, 1.54) is 0 Å². The van der Waals surface area contributed by atoms with Crippen LogP contribution in [0.15, 0.2) is 36.7 Å². The van der Waals surface area contributed by atoms with E-state index in [0.29, 0.717) is 17.9 Å². The van der Waals surface area contributed by atoms with Gasteiger partial charge in [-0.05, 0) is 18.1 Å². The molecule has 24 heavy (non-hydrogen) atoms. The second-order valence-corrected chi connectivity index (χ2v) is 6.10. The van der Waals surface area contributed by atoms with Crippen molar-refractivity contribution in [1.29, 1.82) is 0 Å². The summed E-state index contributed by atoms with van der Waals surface area (Å²) in [7, 11) is 0. The van der Waals surface area contributed by atoms with Gasteiger partial charge < -0.3 is 10.8 Å². The Morgan fingerprint density at radius 1 is 1.29 bits per heavy atom. The lowest BCUT2D eigenvalue weighted by Crippen LogP contribution is -2.11. The van der Waals surface area contributed by atoms with Crippen LogP contribution in [0.3, 0.4) is 0 Å². The number of nitrogens with zero attached hydrogens (tertiary/aromatic N) is 4. The Morgan fingerprint density at radius 3 is 2.92 bits per heavy atom. The number of aliphatic hydroxyl groups is 1. The third-order valence-electron chi connectivity index (χ3n) is 4.16. The van der Waals surface area contributed by atoms with Crippen LogP contribution in [0.1, 0.15) is 6.92 Å². The van der Waals surface area contributed by atoms with E-state index < -0.39 is 0 Å². The van der Waals surface area contributed by atoms with Gasteiger partial charge in [0.25, 0.3) is 0 Å². The molecule has 4 aromatic rings. The van der Waals surface area contributed by atoms with Crippen molar-refractivity contribution in [2.45, 2.75) is 13.5 Å². The predicted octanol–water partition coefficient (Wildman–Crippen LogP) is 2.19. The number of hydrogen-bond donors (Lipinski definition) is 3. The number of rotatable bonds is 4. The number of benzene rings is 1. The summed E-state index contributed by atoms with van der Waals surface area (Å²) >= 11 is 0. The van der Waals surface area contributed by atoms with Gasteiger partial charge >= 0.3 is 0 Å². The minimum atomic E-state index is 0.123. The van der Waals surface area contributed by atoms with Crippen molar-refractivity contribution in [2.24, 2.45) is 5.92 Å². The molecule has 3 aromatic heterocycles. The summed E-state index contributed by atoms with van der Waals surface area (Å²) < 4.78 is 1.83. The fraction of sp³-hybridized carbons (Fsp3) is 0.235. The Morgan fingerprint density at radius 2 is 2.17 bits per heavy atom. The van der Waals surface area contributed by atoms with E-state index in [9.17, 15) is 5.11 Å². The quantitative estimate of drug-likeness (QED) is 0.534. The monoisotopic (exact) mass is 322 g/mol. The number of H-pyrrole nitrogens is 1. The van der Waals surface area contributed by atoms with Crippen LogP contribution in [0.5, 0.6) is 0 Å². The molecule has 0 fully saturated rings. The number of anilines is 1. The Hall–Kier alpha value is -2.93. The first-order chi connectivity index (χ1) is 11.7. The minimum absolute atomic E-state index is 0.123. The molecule has 0 saturated carbocycles. The van der Waals surface area contributed by atoms with Crippen LogP contribution in [-0.4, -0.2) is 36.7 Å². The van der Waals surface area contributed by atoms with Gasteiger partial charge in [-0.2, -0.15) is 10.2 Å². The fourth-order valence-corrected chi connectivity index (χ4v) is 2.90. The zero-order valence-corrected chi connectivity index (χ0v) is 13.3. The van der Waals surface area contributed by atoms with Crippen LogP contribution in [-0.2, 0) is 6.54 Å². The average molecular weight is 322 g/mol. The summed E-state index contributed by atoms with van der Waals surface area (Å²) in [6, 6.07) is 7.96. The maximum absolute atomic E-state index is 9.23. The summed E-state index contributed by atoms with van der Waals surface area (Å²) in [4.78, 5) is 4.51. The second kappa shape index (κ2) is 5.61. The molecule has 122 valence electrons. The Labute approximate surface area is 138 Å². The third-order valence-corrected chi connectivity index (χ3v) is 4.16. The van der Waals surface area contributed by atoms with Gasteiger partial charge in [0.15, 0.2) is 5.82 Å². The summed E-state index contributed by atoms with van der Waals surface area (Å²) in [5.74, 6) is 0.543. The molecule has 0 aliphatic carbocycles. The van der Waals surface area contributed by atoms with E-state index >= 15 is 0 Å². The molecule has 7 heteroatoms. The fourth-order valence-electron chi connectivity index (χ4n) is 2.90. The molecule has 0 amide bonds. The normalized spacial score (nSPS) is 12.9. The zero-order chi connectivity index (χ0) is 16.7. The number of pyridine rings is 1. The van der Waals surface area contributed by atoms with Crippen LogP contribution in [0.4, 0.5) is 5.82 Å². The Balaban J connectivity index is 1.87. The summed E-state index contributed by atoms with van der Waals surface area (Å²) in [6.07, 6.45) is 3.69. The zero-order valence-electron chi connectivity index (χ0n) is 13.3. The highest BCUT2D eigenvalue weighted by molar-refractivity contribution is 6.08. The Bertz CT molecular complexity index is 1000. The molecule has 0 aliphatic rings. The molecule has 0 spiro atoms. The summed E-state index contributed by atoms with van der Waals surface area (Å²) in [5.41, 5.74) is 9.57.